The van der Waals surface area contributed by atoms with Crippen molar-refractivity contribution < 1.29 is 4.79 Å². The van der Waals surface area contributed by atoms with Gasteiger partial charge in [0, 0.05) is 32.6 Å². The first-order valence-corrected chi connectivity index (χ1v) is 7.81. The number of nitrogens with zero attached hydrogens (tertiary/aromatic N) is 3. The minimum Gasteiger partial charge on any atom is -0.347 e. The summed E-state index contributed by atoms with van der Waals surface area (Å²) < 4.78 is 0. The van der Waals surface area contributed by atoms with Crippen LogP contribution in [0.2, 0.25) is 0 Å². The number of imidazole rings is 1. The Morgan fingerprint density at radius 1 is 1.43 bits per heavy atom. The third-order valence-electron chi connectivity index (χ3n) is 4.58. The first-order valence-electron chi connectivity index (χ1n) is 7.81. The lowest BCUT2D eigenvalue weighted by Gasteiger charge is -2.36. The first-order chi connectivity index (χ1) is 10.1. The zero-order chi connectivity index (χ0) is 14.8. The molecule has 1 amide bonds. The first kappa shape index (κ1) is 14.5. The number of carbonyl (C=O) groups excluding carboxylic acids is 1. The molecule has 1 aromatic rings. The van der Waals surface area contributed by atoms with Crippen LogP contribution in [-0.4, -0.2) is 65.4 Å². The van der Waals surface area contributed by atoms with Crippen molar-refractivity contribution in [1.29, 1.82) is 0 Å². The Morgan fingerprint density at radius 2 is 2.19 bits per heavy atom. The standard InChI is InChI=1S/C15H25N5O/c1-19(2)9-11-3-5-20(6-4-11)15(21)13-7-12-14(8-16-13)18-10-17-12/h10-11,13,16H,3-9H2,1-2H3,(H,17,18). The molecule has 0 saturated carbocycles. The number of aromatic amines is 1. The number of hydrogen-bond donors (Lipinski definition) is 2. The largest absolute Gasteiger partial charge is 0.347 e. The molecule has 21 heavy (non-hydrogen) atoms. The van der Waals surface area contributed by atoms with Crippen LogP contribution in [0.15, 0.2) is 6.33 Å². The van der Waals surface area contributed by atoms with Crippen LogP contribution in [0.5, 0.6) is 0 Å². The second kappa shape index (κ2) is 6.15. The van der Waals surface area contributed by atoms with Crippen molar-refractivity contribution in [3.8, 4) is 0 Å². The molecule has 0 radical (unpaired) electrons. The maximum Gasteiger partial charge on any atom is 0.240 e. The molecule has 1 atom stereocenters. The monoisotopic (exact) mass is 291 g/mol. The number of rotatable bonds is 3. The van der Waals surface area contributed by atoms with Crippen molar-refractivity contribution in [1.82, 2.24) is 25.1 Å². The van der Waals surface area contributed by atoms with E-state index in [9.17, 15) is 4.79 Å². The van der Waals surface area contributed by atoms with Gasteiger partial charge >= 0.3 is 0 Å². The van der Waals surface area contributed by atoms with Crippen LogP contribution in [0.3, 0.4) is 0 Å². The predicted octanol–water partition coefficient (Wildman–Crippen LogP) is 0.224. The number of amides is 1. The summed E-state index contributed by atoms with van der Waals surface area (Å²) in [5.74, 6) is 0.966. The molecule has 3 rings (SSSR count). The number of carbonyl (C=O) groups is 1. The van der Waals surface area contributed by atoms with Gasteiger partial charge in [-0.1, -0.05) is 0 Å². The van der Waals surface area contributed by atoms with E-state index in [2.05, 4.69) is 34.3 Å². The van der Waals surface area contributed by atoms with E-state index in [0.717, 1.165) is 49.8 Å². The van der Waals surface area contributed by atoms with Crippen molar-refractivity contribution in [2.45, 2.75) is 31.8 Å². The van der Waals surface area contributed by atoms with E-state index < -0.39 is 0 Å². The second-order valence-electron chi connectivity index (χ2n) is 6.50. The maximum atomic E-state index is 12.6. The molecule has 2 aliphatic heterocycles. The second-order valence-corrected chi connectivity index (χ2v) is 6.50. The maximum absolute atomic E-state index is 12.6. The summed E-state index contributed by atoms with van der Waals surface area (Å²) in [4.78, 5) is 24.3. The molecular formula is C15H25N5O. The molecule has 0 aromatic carbocycles. The quantitative estimate of drug-likeness (QED) is 0.836. The summed E-state index contributed by atoms with van der Waals surface area (Å²) in [5, 5.41) is 3.33. The molecule has 2 N–H and O–H groups in total. The van der Waals surface area contributed by atoms with Crippen LogP contribution in [-0.2, 0) is 17.8 Å². The van der Waals surface area contributed by atoms with Crippen molar-refractivity contribution in [3.63, 3.8) is 0 Å². The van der Waals surface area contributed by atoms with Gasteiger partial charge in [0.05, 0.1) is 23.8 Å². The number of fused-ring (bicyclic) bond motifs is 1. The third kappa shape index (κ3) is 3.27. The molecule has 116 valence electrons. The summed E-state index contributed by atoms with van der Waals surface area (Å²) in [6, 6.07) is -0.105. The van der Waals surface area contributed by atoms with Gasteiger partial charge in [0.2, 0.25) is 5.91 Å². The highest BCUT2D eigenvalue weighted by Gasteiger charge is 2.31. The van der Waals surface area contributed by atoms with Gasteiger partial charge in [-0.3, -0.25) is 10.1 Å². The lowest BCUT2D eigenvalue weighted by Crippen LogP contribution is -2.51. The zero-order valence-electron chi connectivity index (χ0n) is 12.9. The molecular weight excluding hydrogens is 266 g/mol. The van der Waals surface area contributed by atoms with Gasteiger partial charge in [-0.05, 0) is 32.9 Å². The van der Waals surface area contributed by atoms with Crippen LogP contribution < -0.4 is 5.32 Å². The lowest BCUT2D eigenvalue weighted by molar-refractivity contribution is -0.135. The van der Waals surface area contributed by atoms with E-state index in [0.29, 0.717) is 13.0 Å². The van der Waals surface area contributed by atoms with Gasteiger partial charge < -0.3 is 14.8 Å². The van der Waals surface area contributed by atoms with Gasteiger partial charge in [-0.15, -0.1) is 0 Å². The van der Waals surface area contributed by atoms with Crippen molar-refractivity contribution in [3.05, 3.63) is 17.7 Å². The highest BCUT2D eigenvalue weighted by molar-refractivity contribution is 5.82. The lowest BCUT2D eigenvalue weighted by atomic mass is 9.95. The van der Waals surface area contributed by atoms with Crippen LogP contribution in [0.25, 0.3) is 0 Å². The van der Waals surface area contributed by atoms with Gasteiger partial charge in [0.15, 0.2) is 0 Å². The summed E-state index contributed by atoms with van der Waals surface area (Å²) in [5.41, 5.74) is 2.15. The Hall–Kier alpha value is -1.40. The Balaban J connectivity index is 1.53. The molecule has 0 bridgehead atoms. The molecule has 3 heterocycles. The van der Waals surface area contributed by atoms with Crippen molar-refractivity contribution >= 4 is 5.91 Å². The summed E-state index contributed by atoms with van der Waals surface area (Å²) in [6.45, 7) is 3.62. The van der Waals surface area contributed by atoms with E-state index >= 15 is 0 Å². The molecule has 6 heteroatoms. The Labute approximate surface area is 125 Å². The minimum absolute atomic E-state index is 0.105. The molecule has 1 fully saturated rings. The predicted molar refractivity (Wildman–Crippen MR) is 80.8 cm³/mol. The number of hydrogen-bond acceptors (Lipinski definition) is 4. The number of piperidine rings is 1. The topological polar surface area (TPSA) is 64.3 Å². The third-order valence-corrected chi connectivity index (χ3v) is 4.58. The van der Waals surface area contributed by atoms with Gasteiger partial charge in [-0.2, -0.15) is 0 Å². The number of aromatic nitrogens is 2. The van der Waals surface area contributed by atoms with Gasteiger partial charge in [0.1, 0.15) is 0 Å². The van der Waals surface area contributed by atoms with E-state index in [1.807, 2.05) is 4.90 Å². The summed E-state index contributed by atoms with van der Waals surface area (Å²) in [7, 11) is 4.23. The molecule has 1 aromatic heterocycles. The molecule has 1 unspecified atom stereocenters. The SMILES string of the molecule is CN(C)CC1CCN(C(=O)C2Cc3nc[nH]c3CN2)CC1. The summed E-state index contributed by atoms with van der Waals surface area (Å²) in [6.07, 6.45) is 4.65. The fourth-order valence-electron chi connectivity index (χ4n) is 3.42. The van der Waals surface area contributed by atoms with Crippen LogP contribution in [0.1, 0.15) is 24.2 Å². The molecule has 6 nitrogen and oxygen atoms in total. The van der Waals surface area contributed by atoms with Crippen LogP contribution >= 0.6 is 0 Å². The average Bonchev–Trinajstić information content (AvgIpc) is 2.94. The van der Waals surface area contributed by atoms with Gasteiger partial charge in [0.25, 0.3) is 0 Å². The fraction of sp³-hybridized carbons (Fsp3) is 0.733. The van der Waals surface area contributed by atoms with Crippen molar-refractivity contribution in [2.24, 2.45) is 5.92 Å². The van der Waals surface area contributed by atoms with E-state index in [1.165, 1.54) is 0 Å². The fourth-order valence-corrected chi connectivity index (χ4v) is 3.42. The zero-order valence-corrected chi connectivity index (χ0v) is 12.9. The Bertz CT molecular complexity index is 490. The molecule has 0 aliphatic carbocycles. The smallest absolute Gasteiger partial charge is 0.240 e. The van der Waals surface area contributed by atoms with Gasteiger partial charge in [-0.25, -0.2) is 4.98 Å². The number of likely N-dealkylation sites (tertiary alicyclic amines) is 1. The Kier molecular flexibility index (Phi) is 4.26. The molecule has 1 saturated heterocycles. The minimum atomic E-state index is -0.105. The average molecular weight is 291 g/mol. The molecule has 2 aliphatic rings. The number of H-pyrrole nitrogens is 1. The van der Waals surface area contributed by atoms with E-state index in [-0.39, 0.29) is 11.9 Å². The van der Waals surface area contributed by atoms with E-state index in [4.69, 9.17) is 0 Å². The summed E-state index contributed by atoms with van der Waals surface area (Å²) >= 11 is 0. The number of nitrogens with one attached hydrogen (secondary N) is 2. The van der Waals surface area contributed by atoms with E-state index in [1.54, 1.807) is 6.33 Å². The normalized spacial score (nSPS) is 23.4. The highest BCUT2D eigenvalue weighted by atomic mass is 16.2. The molecule has 0 spiro atoms. The highest BCUT2D eigenvalue weighted by Crippen LogP contribution is 2.20. The van der Waals surface area contributed by atoms with Crippen LogP contribution in [0, 0.1) is 5.92 Å². The van der Waals surface area contributed by atoms with Crippen molar-refractivity contribution in [2.75, 3.05) is 33.7 Å². The Morgan fingerprint density at radius 3 is 2.90 bits per heavy atom. The van der Waals surface area contributed by atoms with Crippen LogP contribution in [0.4, 0.5) is 0 Å².